The van der Waals surface area contributed by atoms with E-state index in [4.69, 9.17) is 9.47 Å². The average molecular weight is 528 g/mol. The molecular formula is C27H37N5O4S. The highest BCUT2D eigenvalue weighted by molar-refractivity contribution is 7.88. The molecule has 2 saturated heterocycles. The van der Waals surface area contributed by atoms with Crippen LogP contribution in [0, 0.1) is 0 Å². The van der Waals surface area contributed by atoms with Gasteiger partial charge in [-0.25, -0.2) is 0 Å². The number of ether oxygens (including phenoxy) is 2. The lowest BCUT2D eigenvalue weighted by molar-refractivity contribution is -0.123. The molecule has 1 amide bonds. The lowest BCUT2D eigenvalue weighted by atomic mass is 9.99. The van der Waals surface area contributed by atoms with Crippen LogP contribution in [0.4, 0.5) is 17.1 Å². The van der Waals surface area contributed by atoms with Gasteiger partial charge in [0.15, 0.2) is 6.10 Å². The molecule has 2 aromatic carbocycles. The van der Waals surface area contributed by atoms with E-state index in [1.54, 1.807) is 13.4 Å². The van der Waals surface area contributed by atoms with Gasteiger partial charge in [0.25, 0.3) is 5.91 Å². The standard InChI is InChI=1S/C27H37N5O4S/c1-29-10-12-31(13-11-29)24-19-23(35-2)18-20-4-9-25(36-26(20)24)27(33)28-21-5-7-22(8-6-21)30-14-16-32(17-15-30)37(3)34/h5-8,18-19,25H,4,9-17H2,1-3H3,(H,28,33). The Bertz CT molecular complexity index is 1080. The van der Waals surface area contributed by atoms with Crippen LogP contribution >= 0.6 is 0 Å². The van der Waals surface area contributed by atoms with Crippen LogP contribution in [0.25, 0.3) is 0 Å². The van der Waals surface area contributed by atoms with Crippen molar-refractivity contribution in [3.05, 3.63) is 42.0 Å². The molecule has 37 heavy (non-hydrogen) atoms. The van der Waals surface area contributed by atoms with E-state index in [2.05, 4.69) is 27.1 Å². The van der Waals surface area contributed by atoms with Gasteiger partial charge in [-0.15, -0.1) is 4.31 Å². The topological polar surface area (TPSA) is 83.6 Å². The number of methoxy groups -OCH3 is 1. The molecule has 0 aliphatic carbocycles. The van der Waals surface area contributed by atoms with Crippen molar-refractivity contribution < 1.29 is 18.8 Å². The van der Waals surface area contributed by atoms with Gasteiger partial charge in [0.05, 0.1) is 25.9 Å². The largest absolute Gasteiger partial charge is 0.598 e. The fraction of sp³-hybridized carbons (Fsp3) is 0.519. The number of hydrogen-bond acceptors (Lipinski definition) is 8. The second-order valence-electron chi connectivity index (χ2n) is 9.95. The third-order valence-corrected chi connectivity index (χ3v) is 8.62. The second kappa shape index (κ2) is 11.4. The van der Waals surface area contributed by atoms with Crippen molar-refractivity contribution >= 4 is 34.3 Å². The van der Waals surface area contributed by atoms with Crippen LogP contribution < -0.4 is 24.6 Å². The Morgan fingerprint density at radius 3 is 2.35 bits per heavy atom. The molecule has 200 valence electrons. The number of fused-ring (bicyclic) bond motifs is 1. The normalized spacial score (nSPS) is 21.7. The van der Waals surface area contributed by atoms with E-state index in [0.717, 1.165) is 92.9 Å². The minimum Gasteiger partial charge on any atom is -0.598 e. The highest BCUT2D eigenvalue weighted by Crippen LogP contribution is 2.41. The summed E-state index contributed by atoms with van der Waals surface area (Å²) in [4.78, 5) is 20.1. The Hall–Kier alpha value is -2.66. The summed E-state index contributed by atoms with van der Waals surface area (Å²) in [7, 11) is 3.82. The highest BCUT2D eigenvalue weighted by atomic mass is 32.2. The predicted octanol–water partition coefficient (Wildman–Crippen LogP) is 2.19. The van der Waals surface area contributed by atoms with Gasteiger partial charge in [-0.05, 0) is 50.2 Å². The lowest BCUT2D eigenvalue weighted by Crippen LogP contribution is -2.48. The van der Waals surface area contributed by atoms with Crippen molar-refractivity contribution in [2.45, 2.75) is 18.9 Å². The number of rotatable bonds is 6. The maximum absolute atomic E-state index is 13.2. The number of hydrogen-bond donors (Lipinski definition) is 1. The minimum absolute atomic E-state index is 0.127. The molecule has 3 heterocycles. The van der Waals surface area contributed by atoms with Gasteiger partial charge >= 0.3 is 0 Å². The van der Waals surface area contributed by atoms with Crippen LogP contribution in [-0.2, 0) is 22.6 Å². The number of benzene rings is 2. The van der Waals surface area contributed by atoms with Crippen molar-refractivity contribution in [2.24, 2.45) is 0 Å². The first kappa shape index (κ1) is 26.0. The van der Waals surface area contributed by atoms with E-state index in [0.29, 0.717) is 6.42 Å². The summed E-state index contributed by atoms with van der Waals surface area (Å²) < 4.78 is 25.6. The quantitative estimate of drug-likeness (QED) is 0.573. The fourth-order valence-corrected chi connectivity index (χ4v) is 5.90. The van der Waals surface area contributed by atoms with Gasteiger partial charge < -0.3 is 34.0 Å². The molecule has 0 radical (unpaired) electrons. The van der Waals surface area contributed by atoms with Gasteiger partial charge in [0, 0.05) is 73.6 Å². The van der Waals surface area contributed by atoms with Crippen molar-refractivity contribution in [3.8, 4) is 11.5 Å². The number of piperazine rings is 2. The van der Waals surface area contributed by atoms with Gasteiger partial charge in [-0.2, -0.15) is 0 Å². The third kappa shape index (κ3) is 5.93. The summed E-state index contributed by atoms with van der Waals surface area (Å²) in [5.74, 6) is 1.50. The van der Waals surface area contributed by atoms with Crippen LogP contribution in [0.3, 0.4) is 0 Å². The molecule has 3 aliphatic rings. The summed E-state index contributed by atoms with van der Waals surface area (Å²) >= 11 is -0.920. The average Bonchev–Trinajstić information content (AvgIpc) is 2.93. The van der Waals surface area contributed by atoms with Crippen LogP contribution in [-0.4, -0.2) is 98.5 Å². The van der Waals surface area contributed by atoms with Crippen LogP contribution in [0.1, 0.15) is 12.0 Å². The van der Waals surface area contributed by atoms with E-state index < -0.39 is 17.5 Å². The van der Waals surface area contributed by atoms with Crippen molar-refractivity contribution in [1.82, 2.24) is 9.21 Å². The SMILES string of the molecule is COc1cc2c(c(N3CCN(C)CC3)c1)OC(C(=O)Nc1ccc(N3CCN([S+](C)[O-])CC3)cc1)CC2. The highest BCUT2D eigenvalue weighted by Gasteiger charge is 2.31. The number of aryl methyl sites for hydroxylation is 1. The van der Waals surface area contributed by atoms with Gasteiger partial charge in [0.1, 0.15) is 17.8 Å². The molecule has 2 aromatic rings. The molecule has 0 spiro atoms. The summed E-state index contributed by atoms with van der Waals surface area (Å²) in [6, 6.07) is 12.0. The molecule has 2 fully saturated rings. The van der Waals surface area contributed by atoms with E-state index >= 15 is 0 Å². The molecule has 0 bridgehead atoms. The Balaban J connectivity index is 1.24. The van der Waals surface area contributed by atoms with Gasteiger partial charge in [-0.3, -0.25) is 4.79 Å². The first-order chi connectivity index (χ1) is 17.9. The zero-order valence-corrected chi connectivity index (χ0v) is 22.8. The lowest BCUT2D eigenvalue weighted by Gasteiger charge is -2.37. The first-order valence-electron chi connectivity index (χ1n) is 13.0. The molecular weight excluding hydrogens is 490 g/mol. The Labute approximate surface area is 222 Å². The molecule has 10 heteroatoms. The van der Waals surface area contributed by atoms with Crippen LogP contribution in [0.2, 0.25) is 0 Å². The molecule has 0 aromatic heterocycles. The number of anilines is 3. The maximum Gasteiger partial charge on any atom is 0.265 e. The number of carbonyl (C=O) groups is 1. The number of nitrogens with one attached hydrogen (secondary N) is 1. The Morgan fingerprint density at radius 1 is 1.03 bits per heavy atom. The fourth-order valence-electron chi connectivity index (χ4n) is 5.22. The van der Waals surface area contributed by atoms with E-state index in [1.807, 2.05) is 40.7 Å². The minimum atomic E-state index is -0.920. The molecule has 1 N–H and O–H groups in total. The third-order valence-electron chi connectivity index (χ3n) is 7.53. The van der Waals surface area contributed by atoms with Crippen LogP contribution in [0.5, 0.6) is 11.5 Å². The van der Waals surface area contributed by atoms with E-state index in [-0.39, 0.29) is 5.91 Å². The molecule has 9 nitrogen and oxygen atoms in total. The Kier molecular flexibility index (Phi) is 7.99. The summed E-state index contributed by atoms with van der Waals surface area (Å²) in [5, 5.41) is 3.05. The molecule has 2 atom stereocenters. The van der Waals surface area contributed by atoms with Gasteiger partial charge in [0.2, 0.25) is 0 Å². The zero-order valence-electron chi connectivity index (χ0n) is 21.9. The number of likely N-dealkylation sites (N-methyl/N-ethyl adjacent to an activating group) is 1. The number of amides is 1. The van der Waals surface area contributed by atoms with Crippen molar-refractivity contribution in [2.75, 3.05) is 87.9 Å². The predicted molar refractivity (Wildman–Crippen MR) is 148 cm³/mol. The first-order valence-corrected chi connectivity index (χ1v) is 14.5. The zero-order chi connectivity index (χ0) is 25.9. The van der Waals surface area contributed by atoms with E-state index in [1.165, 1.54) is 0 Å². The maximum atomic E-state index is 13.2. The Morgan fingerprint density at radius 2 is 1.70 bits per heavy atom. The van der Waals surface area contributed by atoms with E-state index in [9.17, 15) is 9.35 Å². The van der Waals surface area contributed by atoms with Crippen molar-refractivity contribution in [3.63, 3.8) is 0 Å². The summed E-state index contributed by atoms with van der Waals surface area (Å²) in [5.41, 5.74) is 3.96. The number of nitrogens with zero attached hydrogens (tertiary/aromatic N) is 4. The van der Waals surface area contributed by atoms with Crippen LogP contribution in [0.15, 0.2) is 36.4 Å². The monoisotopic (exact) mass is 527 g/mol. The number of carbonyl (C=O) groups excluding carboxylic acids is 1. The summed E-state index contributed by atoms with van der Waals surface area (Å²) in [6.45, 7) is 7.03. The smallest absolute Gasteiger partial charge is 0.265 e. The van der Waals surface area contributed by atoms with Crippen molar-refractivity contribution in [1.29, 1.82) is 0 Å². The van der Waals surface area contributed by atoms with Gasteiger partial charge in [-0.1, -0.05) is 0 Å². The molecule has 2 unspecified atom stereocenters. The molecule has 5 rings (SSSR count). The second-order valence-corrected chi connectivity index (χ2v) is 11.3. The summed E-state index contributed by atoms with van der Waals surface area (Å²) in [6.07, 6.45) is 2.56. The molecule has 3 aliphatic heterocycles. The molecule has 0 saturated carbocycles.